The van der Waals surface area contributed by atoms with Crippen molar-refractivity contribution < 1.29 is 19.1 Å². The summed E-state index contributed by atoms with van der Waals surface area (Å²) in [5.74, 6) is 0.110. The third-order valence-electron chi connectivity index (χ3n) is 4.60. The summed E-state index contributed by atoms with van der Waals surface area (Å²) in [4.78, 5) is 24.7. The first-order valence-electron chi connectivity index (χ1n) is 9.57. The first-order valence-corrected chi connectivity index (χ1v) is 10.3. The fraction of sp³-hybridized carbons (Fsp3) is 0.273. The van der Waals surface area contributed by atoms with Crippen LogP contribution in [0.2, 0.25) is 10.0 Å². The second kappa shape index (κ2) is 9.87. The van der Waals surface area contributed by atoms with Crippen molar-refractivity contribution in [3.63, 3.8) is 0 Å². The lowest BCUT2D eigenvalue weighted by Gasteiger charge is -2.29. The average molecular weight is 449 g/mol. The first kappa shape index (κ1) is 22.0. The highest BCUT2D eigenvalue weighted by Crippen LogP contribution is 2.31. The fourth-order valence-electron chi connectivity index (χ4n) is 3.18. The molecule has 2 aromatic rings. The van der Waals surface area contributed by atoms with Gasteiger partial charge in [-0.15, -0.1) is 0 Å². The van der Waals surface area contributed by atoms with E-state index in [0.29, 0.717) is 39.0 Å². The van der Waals surface area contributed by atoms with Crippen LogP contribution >= 0.6 is 23.2 Å². The smallest absolute Gasteiger partial charge is 0.338 e. The van der Waals surface area contributed by atoms with Gasteiger partial charge in [0.2, 0.25) is 0 Å². The van der Waals surface area contributed by atoms with E-state index in [1.165, 1.54) is 0 Å². The van der Waals surface area contributed by atoms with E-state index in [2.05, 4.69) is 10.6 Å². The van der Waals surface area contributed by atoms with E-state index in [1.807, 2.05) is 13.0 Å². The molecule has 0 bridgehead atoms. The van der Waals surface area contributed by atoms with Crippen molar-refractivity contribution in [2.75, 3.05) is 6.61 Å². The number of urea groups is 1. The van der Waals surface area contributed by atoms with E-state index in [0.717, 1.165) is 5.56 Å². The number of esters is 1. The van der Waals surface area contributed by atoms with Crippen LogP contribution in [-0.4, -0.2) is 18.6 Å². The van der Waals surface area contributed by atoms with Gasteiger partial charge < -0.3 is 20.1 Å². The lowest BCUT2D eigenvalue weighted by atomic mass is 9.94. The van der Waals surface area contributed by atoms with Gasteiger partial charge in [0.1, 0.15) is 12.4 Å². The van der Waals surface area contributed by atoms with E-state index in [9.17, 15) is 9.59 Å². The molecule has 158 valence electrons. The number of nitrogens with one attached hydrogen (secondary N) is 2. The van der Waals surface area contributed by atoms with Crippen LogP contribution in [0.15, 0.2) is 53.7 Å². The van der Waals surface area contributed by atoms with Crippen LogP contribution in [0.1, 0.15) is 37.4 Å². The fourth-order valence-corrected chi connectivity index (χ4v) is 3.64. The van der Waals surface area contributed by atoms with Crippen molar-refractivity contribution in [3.8, 4) is 5.75 Å². The van der Waals surface area contributed by atoms with E-state index < -0.39 is 12.0 Å². The monoisotopic (exact) mass is 448 g/mol. The summed E-state index contributed by atoms with van der Waals surface area (Å²) >= 11 is 12.1. The zero-order valence-corrected chi connectivity index (χ0v) is 18.1. The van der Waals surface area contributed by atoms with Crippen LogP contribution in [0, 0.1) is 0 Å². The van der Waals surface area contributed by atoms with Gasteiger partial charge in [-0.3, -0.25) is 0 Å². The molecule has 0 aromatic heterocycles. The normalized spacial score (nSPS) is 16.0. The Morgan fingerprint density at radius 1 is 1.13 bits per heavy atom. The number of hydrogen-bond donors (Lipinski definition) is 2. The molecule has 1 aliphatic rings. The Labute approximate surface area is 185 Å². The number of benzene rings is 2. The third-order valence-corrected chi connectivity index (χ3v) is 5.19. The minimum atomic E-state index is -0.643. The molecule has 0 saturated carbocycles. The van der Waals surface area contributed by atoms with Gasteiger partial charge >= 0.3 is 12.0 Å². The molecule has 0 saturated heterocycles. The summed E-state index contributed by atoms with van der Waals surface area (Å²) in [5.41, 5.74) is 2.43. The predicted octanol–water partition coefficient (Wildman–Crippen LogP) is 5.15. The van der Waals surface area contributed by atoms with Gasteiger partial charge in [0.15, 0.2) is 0 Å². The SMILES string of the molecule is CCOC(=O)C1=C(CC)NC(=O)NC1c1cccc(OCc2ccc(Cl)cc2Cl)c1. The summed E-state index contributed by atoms with van der Waals surface area (Å²) in [6, 6.07) is 11.4. The van der Waals surface area contributed by atoms with Crippen molar-refractivity contribution in [2.24, 2.45) is 0 Å². The van der Waals surface area contributed by atoms with Crippen LogP contribution in [0.3, 0.4) is 0 Å². The van der Waals surface area contributed by atoms with Crippen molar-refractivity contribution >= 4 is 35.2 Å². The molecule has 3 rings (SSSR count). The summed E-state index contributed by atoms with van der Waals surface area (Å²) in [7, 11) is 0. The molecule has 1 heterocycles. The van der Waals surface area contributed by atoms with Crippen molar-refractivity contribution in [2.45, 2.75) is 32.9 Å². The van der Waals surface area contributed by atoms with Crippen molar-refractivity contribution in [3.05, 3.63) is 74.9 Å². The lowest BCUT2D eigenvalue weighted by molar-refractivity contribution is -0.139. The van der Waals surface area contributed by atoms with E-state index in [4.69, 9.17) is 32.7 Å². The Morgan fingerprint density at radius 3 is 2.63 bits per heavy atom. The second-order valence-corrected chi connectivity index (χ2v) is 7.44. The second-order valence-electron chi connectivity index (χ2n) is 6.59. The molecule has 0 fully saturated rings. The quantitative estimate of drug-likeness (QED) is 0.573. The Balaban J connectivity index is 1.87. The largest absolute Gasteiger partial charge is 0.489 e. The first-order chi connectivity index (χ1) is 14.4. The van der Waals surface area contributed by atoms with Gasteiger partial charge in [0, 0.05) is 21.3 Å². The molecule has 8 heteroatoms. The minimum absolute atomic E-state index is 0.241. The molecule has 1 atom stereocenters. The Hall–Kier alpha value is -2.70. The lowest BCUT2D eigenvalue weighted by Crippen LogP contribution is -2.45. The standard InChI is InChI=1S/C22H22Cl2N2O4/c1-3-18-19(21(27)29-4-2)20(26-22(28)25-18)13-6-5-7-16(10-13)30-12-14-8-9-15(23)11-17(14)24/h5-11,20H,3-4,12H2,1-2H3,(H2,25,26,28). The molecule has 2 aromatic carbocycles. The van der Waals surface area contributed by atoms with Crippen LogP contribution in [0.4, 0.5) is 4.79 Å². The summed E-state index contributed by atoms with van der Waals surface area (Å²) in [6.07, 6.45) is 0.489. The topological polar surface area (TPSA) is 76.7 Å². The maximum Gasteiger partial charge on any atom is 0.338 e. The molecular weight excluding hydrogens is 427 g/mol. The number of rotatable bonds is 7. The van der Waals surface area contributed by atoms with Gasteiger partial charge in [-0.25, -0.2) is 9.59 Å². The number of amides is 2. The molecule has 2 amide bonds. The zero-order valence-electron chi connectivity index (χ0n) is 16.6. The molecule has 0 radical (unpaired) electrons. The zero-order chi connectivity index (χ0) is 21.7. The maximum absolute atomic E-state index is 12.6. The summed E-state index contributed by atoms with van der Waals surface area (Å²) in [5, 5.41) is 6.57. The van der Waals surface area contributed by atoms with Gasteiger partial charge in [-0.2, -0.15) is 0 Å². The van der Waals surface area contributed by atoms with E-state index >= 15 is 0 Å². The van der Waals surface area contributed by atoms with Gasteiger partial charge in [0.05, 0.1) is 18.2 Å². The molecule has 1 unspecified atom stereocenters. The summed E-state index contributed by atoms with van der Waals surface area (Å²) < 4.78 is 11.1. The van der Waals surface area contributed by atoms with Crippen LogP contribution < -0.4 is 15.4 Å². The molecule has 1 aliphatic heterocycles. The third kappa shape index (κ3) is 5.07. The molecule has 0 aliphatic carbocycles. The van der Waals surface area contributed by atoms with Gasteiger partial charge in [-0.1, -0.05) is 48.3 Å². The van der Waals surface area contributed by atoms with E-state index in [-0.39, 0.29) is 19.2 Å². The maximum atomic E-state index is 12.6. The Morgan fingerprint density at radius 2 is 1.93 bits per heavy atom. The van der Waals surface area contributed by atoms with Gasteiger partial charge in [0.25, 0.3) is 0 Å². The molecule has 6 nitrogen and oxygen atoms in total. The van der Waals surface area contributed by atoms with Crippen LogP contribution in [0.5, 0.6) is 5.75 Å². The number of ether oxygens (including phenoxy) is 2. The number of carbonyl (C=O) groups excluding carboxylic acids is 2. The number of halogens is 2. The van der Waals surface area contributed by atoms with Crippen molar-refractivity contribution in [1.82, 2.24) is 10.6 Å². The minimum Gasteiger partial charge on any atom is -0.489 e. The Kier molecular flexibility index (Phi) is 7.24. The highest BCUT2D eigenvalue weighted by atomic mass is 35.5. The van der Waals surface area contributed by atoms with Crippen LogP contribution in [-0.2, 0) is 16.1 Å². The number of allylic oxidation sites excluding steroid dienone is 1. The number of carbonyl (C=O) groups is 2. The number of hydrogen-bond acceptors (Lipinski definition) is 4. The van der Waals surface area contributed by atoms with E-state index in [1.54, 1.807) is 43.3 Å². The van der Waals surface area contributed by atoms with Crippen molar-refractivity contribution in [1.29, 1.82) is 0 Å². The highest BCUT2D eigenvalue weighted by molar-refractivity contribution is 6.35. The molecular formula is C22H22Cl2N2O4. The molecule has 2 N–H and O–H groups in total. The predicted molar refractivity (Wildman–Crippen MR) is 116 cm³/mol. The highest BCUT2D eigenvalue weighted by Gasteiger charge is 2.33. The summed E-state index contributed by atoms with van der Waals surface area (Å²) in [6.45, 7) is 4.10. The Bertz CT molecular complexity index is 991. The average Bonchev–Trinajstić information content (AvgIpc) is 2.72. The van der Waals surface area contributed by atoms with Gasteiger partial charge in [-0.05, 0) is 43.2 Å². The molecule has 0 spiro atoms. The van der Waals surface area contributed by atoms with Crippen LogP contribution in [0.25, 0.3) is 0 Å². The molecule has 30 heavy (non-hydrogen) atoms.